The van der Waals surface area contributed by atoms with Crippen LogP contribution in [0.2, 0.25) is 0 Å². The van der Waals surface area contributed by atoms with Gasteiger partial charge in [-0.15, -0.1) is 0 Å². The normalized spacial score (nSPS) is 10.0. The number of hydrogen-bond donors (Lipinski definition) is 2. The monoisotopic (exact) mass is 220 g/mol. The summed E-state index contributed by atoms with van der Waals surface area (Å²) in [4.78, 5) is 18.4. The number of aromatic nitrogens is 3. The fourth-order valence-electron chi connectivity index (χ4n) is 1.13. The van der Waals surface area contributed by atoms with Crippen molar-refractivity contribution < 1.29 is 14.4 Å². The number of carboxylic acids is 1. The lowest BCUT2D eigenvalue weighted by molar-refractivity contribution is 0.0691. The largest absolute Gasteiger partial charge is 0.476 e. The molecule has 7 nitrogen and oxygen atoms in total. The average molecular weight is 220 g/mol. The van der Waals surface area contributed by atoms with Gasteiger partial charge in [-0.05, 0) is 0 Å². The second-order valence-electron chi connectivity index (χ2n) is 2.89. The summed E-state index contributed by atoms with van der Waals surface area (Å²) in [6, 6.07) is 1.67. The zero-order chi connectivity index (χ0) is 11.4. The molecule has 2 heterocycles. The minimum atomic E-state index is -1.13. The molecule has 16 heavy (non-hydrogen) atoms. The molecule has 0 aliphatic carbocycles. The molecule has 2 aromatic rings. The number of aromatic carboxylic acids is 1. The molecule has 0 unspecified atom stereocenters. The first kappa shape index (κ1) is 10.1. The van der Waals surface area contributed by atoms with Crippen molar-refractivity contribution in [2.45, 2.75) is 6.54 Å². The Labute approximate surface area is 90.1 Å². The van der Waals surface area contributed by atoms with Crippen LogP contribution in [-0.4, -0.2) is 26.2 Å². The van der Waals surface area contributed by atoms with Crippen LogP contribution in [0.1, 0.15) is 16.2 Å². The Morgan fingerprint density at radius 3 is 2.88 bits per heavy atom. The van der Waals surface area contributed by atoms with E-state index in [9.17, 15) is 4.79 Å². The van der Waals surface area contributed by atoms with E-state index in [1.165, 1.54) is 18.6 Å². The molecule has 0 amide bonds. The predicted octanol–water partition coefficient (Wildman–Crippen LogP) is 0.775. The summed E-state index contributed by atoms with van der Waals surface area (Å²) in [5.41, 5.74) is -0.123. The van der Waals surface area contributed by atoms with E-state index < -0.39 is 5.97 Å². The highest BCUT2D eigenvalue weighted by atomic mass is 16.5. The lowest BCUT2D eigenvalue weighted by atomic mass is 10.4. The van der Waals surface area contributed by atoms with Crippen LogP contribution in [0.5, 0.6) is 0 Å². The van der Waals surface area contributed by atoms with Gasteiger partial charge in [-0.1, -0.05) is 5.16 Å². The SMILES string of the molecule is O=C(O)c1nccnc1NCc1ccno1. The molecular weight excluding hydrogens is 212 g/mol. The lowest BCUT2D eigenvalue weighted by Gasteiger charge is -2.04. The first-order valence-corrected chi connectivity index (χ1v) is 4.45. The van der Waals surface area contributed by atoms with Crippen molar-refractivity contribution >= 4 is 11.8 Å². The first-order valence-electron chi connectivity index (χ1n) is 4.45. The lowest BCUT2D eigenvalue weighted by Crippen LogP contribution is -2.09. The third-order valence-corrected chi connectivity index (χ3v) is 1.82. The summed E-state index contributed by atoms with van der Waals surface area (Å²) in [5.74, 6) is -0.346. The molecule has 82 valence electrons. The molecule has 2 N–H and O–H groups in total. The van der Waals surface area contributed by atoms with Gasteiger partial charge in [0.2, 0.25) is 0 Å². The Bertz CT molecular complexity index is 483. The maximum Gasteiger partial charge on any atom is 0.358 e. The van der Waals surface area contributed by atoms with Gasteiger partial charge in [0.25, 0.3) is 0 Å². The van der Waals surface area contributed by atoms with Gasteiger partial charge in [0.1, 0.15) is 0 Å². The van der Waals surface area contributed by atoms with Crippen LogP contribution in [0.25, 0.3) is 0 Å². The Balaban J connectivity index is 2.12. The van der Waals surface area contributed by atoms with Crippen LogP contribution in [-0.2, 0) is 6.54 Å². The number of nitrogens with zero attached hydrogens (tertiary/aromatic N) is 3. The van der Waals surface area contributed by atoms with Crippen LogP contribution < -0.4 is 5.32 Å². The Hall–Kier alpha value is -2.44. The van der Waals surface area contributed by atoms with Gasteiger partial charge in [-0.3, -0.25) is 0 Å². The Morgan fingerprint density at radius 1 is 1.38 bits per heavy atom. The van der Waals surface area contributed by atoms with Crippen LogP contribution >= 0.6 is 0 Å². The molecule has 7 heteroatoms. The molecule has 0 saturated carbocycles. The van der Waals surface area contributed by atoms with Crippen molar-refractivity contribution in [2.75, 3.05) is 5.32 Å². The molecule has 0 aromatic carbocycles. The van der Waals surface area contributed by atoms with Crippen molar-refractivity contribution in [1.29, 1.82) is 0 Å². The Morgan fingerprint density at radius 2 is 2.19 bits per heavy atom. The smallest absolute Gasteiger partial charge is 0.358 e. The number of rotatable bonds is 4. The molecule has 0 bridgehead atoms. The standard InChI is InChI=1S/C9H8N4O3/c14-9(15)7-8(11-4-3-10-7)12-5-6-1-2-13-16-6/h1-4H,5H2,(H,11,12)(H,14,15). The van der Waals surface area contributed by atoms with Crippen molar-refractivity contribution in [3.63, 3.8) is 0 Å². The van der Waals surface area contributed by atoms with Crippen molar-refractivity contribution in [3.8, 4) is 0 Å². The minimum Gasteiger partial charge on any atom is -0.476 e. The van der Waals surface area contributed by atoms with E-state index in [0.29, 0.717) is 12.3 Å². The average Bonchev–Trinajstić information content (AvgIpc) is 2.79. The van der Waals surface area contributed by atoms with Gasteiger partial charge >= 0.3 is 5.97 Å². The maximum atomic E-state index is 10.8. The van der Waals surface area contributed by atoms with E-state index >= 15 is 0 Å². The summed E-state index contributed by atoms with van der Waals surface area (Å²) in [6.07, 6.45) is 4.24. The molecule has 0 radical (unpaired) electrons. The van der Waals surface area contributed by atoms with Crippen molar-refractivity contribution in [2.24, 2.45) is 0 Å². The highest BCUT2D eigenvalue weighted by Crippen LogP contribution is 2.09. The molecule has 0 atom stereocenters. The van der Waals surface area contributed by atoms with Gasteiger partial charge < -0.3 is 14.9 Å². The second kappa shape index (κ2) is 4.39. The van der Waals surface area contributed by atoms with E-state index in [2.05, 4.69) is 20.4 Å². The molecule has 2 aromatic heterocycles. The molecular formula is C9H8N4O3. The highest BCUT2D eigenvalue weighted by molar-refractivity contribution is 5.90. The van der Waals surface area contributed by atoms with Gasteiger partial charge in [0, 0.05) is 18.5 Å². The summed E-state index contributed by atoms with van der Waals surface area (Å²) in [5, 5.41) is 15.2. The van der Waals surface area contributed by atoms with Crippen LogP contribution in [0, 0.1) is 0 Å². The summed E-state index contributed by atoms with van der Waals surface area (Å²) in [7, 11) is 0. The number of hydrogen-bond acceptors (Lipinski definition) is 6. The molecule has 0 aliphatic rings. The van der Waals surface area contributed by atoms with E-state index in [0.717, 1.165) is 0 Å². The number of anilines is 1. The third kappa shape index (κ3) is 2.14. The maximum absolute atomic E-state index is 10.8. The number of nitrogens with one attached hydrogen (secondary N) is 1. The van der Waals surface area contributed by atoms with Crippen LogP contribution in [0.15, 0.2) is 29.2 Å². The zero-order valence-electron chi connectivity index (χ0n) is 8.12. The third-order valence-electron chi connectivity index (χ3n) is 1.82. The van der Waals surface area contributed by atoms with Crippen molar-refractivity contribution in [3.05, 3.63) is 36.1 Å². The minimum absolute atomic E-state index is 0.123. The van der Waals surface area contributed by atoms with E-state index in [1.54, 1.807) is 6.07 Å². The Kier molecular flexibility index (Phi) is 2.77. The van der Waals surface area contributed by atoms with Gasteiger partial charge in [0.15, 0.2) is 17.3 Å². The predicted molar refractivity (Wildman–Crippen MR) is 52.8 cm³/mol. The number of carbonyl (C=O) groups is 1. The van der Waals surface area contributed by atoms with Gasteiger partial charge in [0.05, 0.1) is 12.7 Å². The fourth-order valence-corrected chi connectivity index (χ4v) is 1.13. The van der Waals surface area contributed by atoms with Crippen molar-refractivity contribution in [1.82, 2.24) is 15.1 Å². The zero-order valence-corrected chi connectivity index (χ0v) is 8.12. The first-order chi connectivity index (χ1) is 7.77. The van der Waals surface area contributed by atoms with E-state index in [1.807, 2.05) is 0 Å². The molecule has 2 rings (SSSR count). The fraction of sp³-hybridized carbons (Fsp3) is 0.111. The topological polar surface area (TPSA) is 101 Å². The molecule has 0 saturated heterocycles. The summed E-state index contributed by atoms with van der Waals surface area (Å²) in [6.45, 7) is 0.305. The van der Waals surface area contributed by atoms with Crippen LogP contribution in [0.4, 0.5) is 5.82 Å². The molecule has 0 fully saturated rings. The van der Waals surface area contributed by atoms with Crippen LogP contribution in [0.3, 0.4) is 0 Å². The van der Waals surface area contributed by atoms with E-state index in [4.69, 9.17) is 9.63 Å². The molecule has 0 spiro atoms. The second-order valence-corrected chi connectivity index (χ2v) is 2.89. The van der Waals surface area contributed by atoms with Gasteiger partial charge in [-0.25, -0.2) is 14.8 Å². The highest BCUT2D eigenvalue weighted by Gasteiger charge is 2.12. The van der Waals surface area contributed by atoms with E-state index in [-0.39, 0.29) is 11.5 Å². The summed E-state index contributed by atoms with van der Waals surface area (Å²) < 4.78 is 4.85. The van der Waals surface area contributed by atoms with Gasteiger partial charge in [-0.2, -0.15) is 0 Å². The molecule has 0 aliphatic heterocycles. The quantitative estimate of drug-likeness (QED) is 0.784. The summed E-state index contributed by atoms with van der Waals surface area (Å²) >= 11 is 0. The number of carboxylic acid groups (broad SMARTS) is 1.